The number of aromatic nitrogens is 5. The number of fused-ring (bicyclic) bond motifs is 1. The third-order valence-electron chi connectivity index (χ3n) is 7.27. The van der Waals surface area contributed by atoms with Gasteiger partial charge in [-0.1, -0.05) is 36.4 Å². The van der Waals surface area contributed by atoms with Gasteiger partial charge in [0, 0.05) is 38.2 Å². The quantitative estimate of drug-likeness (QED) is 0.272. The number of carbonyl (C=O) groups is 1. The molecule has 9 heteroatoms. The molecule has 2 aromatic carbocycles. The van der Waals surface area contributed by atoms with E-state index in [1.807, 2.05) is 58.0 Å². The van der Waals surface area contributed by atoms with Crippen LogP contribution in [0.4, 0.5) is 10.7 Å². The summed E-state index contributed by atoms with van der Waals surface area (Å²) in [5, 5.41) is 3.37. The van der Waals surface area contributed by atoms with Crippen molar-refractivity contribution in [2.75, 3.05) is 25.0 Å². The molecule has 9 nitrogen and oxygen atoms in total. The van der Waals surface area contributed by atoms with Crippen LogP contribution < -0.4 is 5.32 Å². The summed E-state index contributed by atoms with van der Waals surface area (Å²) in [5.41, 5.74) is 5.06. The molecule has 1 aliphatic rings. The zero-order valence-corrected chi connectivity index (χ0v) is 22.2. The Morgan fingerprint density at radius 2 is 1.85 bits per heavy atom. The van der Waals surface area contributed by atoms with E-state index in [4.69, 9.17) is 9.72 Å². The summed E-state index contributed by atoms with van der Waals surface area (Å²) < 4.78 is 7.51. The van der Waals surface area contributed by atoms with E-state index in [2.05, 4.69) is 38.5 Å². The van der Waals surface area contributed by atoms with Gasteiger partial charge in [-0.3, -0.25) is 9.55 Å². The molecule has 3 aromatic heterocycles. The molecule has 1 N–H and O–H groups in total. The summed E-state index contributed by atoms with van der Waals surface area (Å²) in [6.07, 6.45) is 9.88. The number of piperidine rings is 1. The van der Waals surface area contributed by atoms with Crippen molar-refractivity contribution in [1.29, 1.82) is 0 Å². The number of anilines is 1. The van der Waals surface area contributed by atoms with E-state index in [1.165, 1.54) is 0 Å². The predicted molar refractivity (Wildman–Crippen MR) is 154 cm³/mol. The second-order valence-electron chi connectivity index (χ2n) is 10.0. The second-order valence-corrected chi connectivity index (χ2v) is 10.0. The zero-order chi connectivity index (χ0) is 27.1. The Hall–Kier alpha value is -4.79. The van der Waals surface area contributed by atoms with Crippen LogP contribution in [0.1, 0.15) is 24.8 Å². The van der Waals surface area contributed by atoms with E-state index in [9.17, 15) is 4.79 Å². The van der Waals surface area contributed by atoms with Gasteiger partial charge in [0.2, 0.25) is 5.95 Å². The molecule has 1 unspecified atom stereocenters. The van der Waals surface area contributed by atoms with Crippen molar-refractivity contribution < 1.29 is 9.53 Å². The molecular weight excluding hydrogens is 502 g/mol. The van der Waals surface area contributed by atoms with E-state index in [0.717, 1.165) is 65.9 Å². The lowest BCUT2D eigenvalue weighted by atomic mass is 9.95. The lowest BCUT2D eigenvalue weighted by Crippen LogP contribution is -2.40. The highest BCUT2D eigenvalue weighted by molar-refractivity contribution is 5.83. The molecule has 0 saturated carbocycles. The molecule has 0 aliphatic carbocycles. The van der Waals surface area contributed by atoms with Crippen LogP contribution in [-0.2, 0) is 11.3 Å². The lowest BCUT2D eigenvalue weighted by molar-refractivity contribution is 0.0784. The Morgan fingerprint density at radius 3 is 2.73 bits per heavy atom. The smallest absolute Gasteiger partial charge is 0.410 e. The van der Waals surface area contributed by atoms with E-state index in [0.29, 0.717) is 25.0 Å². The lowest BCUT2D eigenvalue weighted by Gasteiger charge is -2.32. The van der Waals surface area contributed by atoms with Crippen LogP contribution in [0, 0.1) is 5.92 Å². The molecule has 1 amide bonds. The Labute approximate surface area is 232 Å². The summed E-state index contributed by atoms with van der Waals surface area (Å²) >= 11 is 0. The number of hydrogen-bond donors (Lipinski definition) is 1. The minimum atomic E-state index is -0.238. The van der Waals surface area contributed by atoms with Gasteiger partial charge in [0.05, 0.1) is 11.0 Å². The van der Waals surface area contributed by atoms with E-state index < -0.39 is 0 Å². The van der Waals surface area contributed by atoms with Gasteiger partial charge >= 0.3 is 6.09 Å². The van der Waals surface area contributed by atoms with Crippen molar-refractivity contribution in [3.63, 3.8) is 0 Å². The summed E-state index contributed by atoms with van der Waals surface area (Å²) in [6.45, 7) is 2.47. The fourth-order valence-electron chi connectivity index (χ4n) is 5.15. The van der Waals surface area contributed by atoms with E-state index >= 15 is 0 Å². The third kappa shape index (κ3) is 5.93. The molecule has 202 valence electrons. The highest BCUT2D eigenvalue weighted by Crippen LogP contribution is 2.25. The first-order valence-corrected chi connectivity index (χ1v) is 13.6. The van der Waals surface area contributed by atoms with E-state index in [-0.39, 0.29) is 6.09 Å². The minimum absolute atomic E-state index is 0.238. The third-order valence-corrected chi connectivity index (χ3v) is 7.27. The highest BCUT2D eigenvalue weighted by Gasteiger charge is 2.24. The largest absolute Gasteiger partial charge is 0.445 e. The number of carbonyl (C=O) groups excluding carboxylic acids is 1. The molecule has 1 atom stereocenters. The number of likely N-dealkylation sites (tertiary alicyclic amines) is 1. The van der Waals surface area contributed by atoms with Crippen LogP contribution in [0.5, 0.6) is 0 Å². The molecular formula is C31H31N7O2. The monoisotopic (exact) mass is 533 g/mol. The van der Waals surface area contributed by atoms with E-state index in [1.54, 1.807) is 24.9 Å². The number of imidazole rings is 1. The molecule has 0 spiro atoms. The molecule has 40 heavy (non-hydrogen) atoms. The van der Waals surface area contributed by atoms with Crippen molar-refractivity contribution in [3.05, 3.63) is 97.2 Å². The van der Waals surface area contributed by atoms with Crippen LogP contribution in [0.2, 0.25) is 0 Å². The van der Waals surface area contributed by atoms with Gasteiger partial charge in [0.1, 0.15) is 18.8 Å². The molecule has 0 radical (unpaired) electrons. The molecule has 4 heterocycles. The number of benzene rings is 2. The minimum Gasteiger partial charge on any atom is -0.445 e. The number of amides is 1. The molecule has 1 saturated heterocycles. The van der Waals surface area contributed by atoms with Gasteiger partial charge in [0.15, 0.2) is 0 Å². The highest BCUT2D eigenvalue weighted by atomic mass is 16.6. The Bertz CT molecular complexity index is 1570. The Balaban J connectivity index is 1.04. The summed E-state index contributed by atoms with van der Waals surface area (Å²) in [6, 6.07) is 21.9. The van der Waals surface area contributed by atoms with Gasteiger partial charge in [-0.15, -0.1) is 0 Å². The molecule has 0 bridgehead atoms. The first kappa shape index (κ1) is 25.5. The van der Waals surface area contributed by atoms with Crippen LogP contribution >= 0.6 is 0 Å². The fourth-order valence-corrected chi connectivity index (χ4v) is 5.15. The second kappa shape index (κ2) is 11.9. The number of pyridine rings is 1. The number of nitrogens with zero attached hydrogens (tertiary/aromatic N) is 6. The normalized spacial score (nSPS) is 15.2. The zero-order valence-electron chi connectivity index (χ0n) is 22.2. The van der Waals surface area contributed by atoms with Gasteiger partial charge in [-0.05, 0) is 72.2 Å². The predicted octanol–water partition coefficient (Wildman–Crippen LogP) is 5.73. The van der Waals surface area contributed by atoms with Gasteiger partial charge in [0.25, 0.3) is 0 Å². The number of nitrogens with one attached hydrogen (secondary N) is 1. The first-order chi connectivity index (χ1) is 19.7. The number of hydrogen-bond acceptors (Lipinski definition) is 7. The molecule has 1 fully saturated rings. The Morgan fingerprint density at radius 1 is 0.975 bits per heavy atom. The maximum atomic E-state index is 12.6. The van der Waals surface area contributed by atoms with Crippen LogP contribution in [0.25, 0.3) is 28.0 Å². The standard InChI is InChI=1S/C31H31N7O2/c39-31(40-21-24-5-2-1-3-6-24)37-18-4-7-23(20-37)10-16-33-30-34-17-13-29(36-30)38-22-35-27-19-26(8-9-28(27)38)25-11-14-32-15-12-25/h1-3,5-6,8-9,11-15,17,19,22-23H,4,7,10,16,18,20-21H2,(H,33,34,36). The summed E-state index contributed by atoms with van der Waals surface area (Å²) in [5.74, 6) is 1.73. The molecule has 6 rings (SSSR count). The van der Waals surface area contributed by atoms with Gasteiger partial charge in [-0.2, -0.15) is 4.98 Å². The maximum Gasteiger partial charge on any atom is 0.410 e. The Kier molecular flexibility index (Phi) is 7.61. The molecule has 1 aliphatic heterocycles. The first-order valence-electron chi connectivity index (χ1n) is 13.6. The van der Waals surface area contributed by atoms with Gasteiger partial charge in [-0.25, -0.2) is 14.8 Å². The topological polar surface area (TPSA) is 98.1 Å². The number of ether oxygens (including phenoxy) is 1. The average Bonchev–Trinajstić information content (AvgIpc) is 3.45. The van der Waals surface area contributed by atoms with Crippen molar-refractivity contribution >= 4 is 23.1 Å². The molecule has 5 aromatic rings. The van der Waals surface area contributed by atoms with Crippen molar-refractivity contribution in [2.45, 2.75) is 25.9 Å². The maximum absolute atomic E-state index is 12.6. The summed E-state index contributed by atoms with van der Waals surface area (Å²) in [4.78, 5) is 32.3. The van der Waals surface area contributed by atoms with Crippen LogP contribution in [-0.4, -0.2) is 55.1 Å². The SMILES string of the molecule is O=C(OCc1ccccc1)N1CCCC(CCNc2nccc(-n3cnc4cc(-c5ccncc5)ccc43)n2)C1. The van der Waals surface area contributed by atoms with Crippen LogP contribution in [0.15, 0.2) is 91.6 Å². The van der Waals surface area contributed by atoms with Crippen molar-refractivity contribution in [2.24, 2.45) is 5.92 Å². The van der Waals surface area contributed by atoms with Crippen molar-refractivity contribution in [1.82, 2.24) is 29.4 Å². The van der Waals surface area contributed by atoms with Gasteiger partial charge < -0.3 is 15.0 Å². The van der Waals surface area contributed by atoms with Crippen molar-refractivity contribution in [3.8, 4) is 16.9 Å². The average molecular weight is 534 g/mol. The fraction of sp³-hybridized carbons (Fsp3) is 0.258. The number of rotatable bonds is 8. The summed E-state index contributed by atoms with van der Waals surface area (Å²) in [7, 11) is 0. The van der Waals surface area contributed by atoms with Crippen LogP contribution in [0.3, 0.4) is 0 Å².